The van der Waals surface area contributed by atoms with Crippen LogP contribution in [-0.4, -0.2) is 38.8 Å². The highest BCUT2D eigenvalue weighted by Crippen LogP contribution is 2.39. The third-order valence-electron chi connectivity index (χ3n) is 5.18. The molecule has 0 saturated carbocycles. The number of aryl methyl sites for hydroxylation is 1. The second-order valence-electron chi connectivity index (χ2n) is 6.98. The summed E-state index contributed by atoms with van der Waals surface area (Å²) < 4.78 is 7.55. The van der Waals surface area contributed by atoms with Gasteiger partial charge in [0.15, 0.2) is 5.65 Å². The van der Waals surface area contributed by atoms with Crippen molar-refractivity contribution >= 4 is 33.1 Å². The van der Waals surface area contributed by atoms with Gasteiger partial charge < -0.3 is 10.1 Å². The minimum absolute atomic E-state index is 0.276. The minimum atomic E-state index is 0.276. The van der Waals surface area contributed by atoms with E-state index < -0.39 is 0 Å². The zero-order valence-electron chi connectivity index (χ0n) is 13.8. The molecule has 1 fully saturated rings. The fraction of sp³-hybridized carbons (Fsp3) is 0.588. The van der Waals surface area contributed by atoms with Crippen molar-refractivity contribution in [3.8, 4) is 0 Å². The zero-order valence-corrected chi connectivity index (χ0v) is 14.6. The van der Waals surface area contributed by atoms with Crippen molar-refractivity contribution in [1.82, 2.24) is 19.6 Å². The van der Waals surface area contributed by atoms with Crippen LogP contribution in [0.2, 0.25) is 0 Å². The fourth-order valence-electron chi connectivity index (χ4n) is 3.89. The number of ether oxygens (including phenoxy) is 1. The molecule has 126 valence electrons. The summed E-state index contributed by atoms with van der Waals surface area (Å²) in [7, 11) is 0. The second kappa shape index (κ2) is 5.67. The van der Waals surface area contributed by atoms with Gasteiger partial charge in [0.25, 0.3) is 0 Å². The van der Waals surface area contributed by atoms with Gasteiger partial charge in [-0.15, -0.1) is 11.3 Å². The Kier molecular flexibility index (Phi) is 3.45. The van der Waals surface area contributed by atoms with Gasteiger partial charge in [-0.05, 0) is 43.6 Å². The third kappa shape index (κ3) is 2.29. The number of anilines is 1. The number of aromatic nitrogens is 4. The number of nitrogens with one attached hydrogen (secondary N) is 1. The highest BCUT2D eigenvalue weighted by molar-refractivity contribution is 7.19. The molecule has 0 radical (unpaired) electrons. The van der Waals surface area contributed by atoms with Crippen molar-refractivity contribution in [2.45, 2.75) is 45.1 Å². The van der Waals surface area contributed by atoms with Crippen molar-refractivity contribution in [3.63, 3.8) is 0 Å². The number of nitrogens with zero attached hydrogens (tertiary/aromatic N) is 4. The Morgan fingerprint density at radius 3 is 3.25 bits per heavy atom. The van der Waals surface area contributed by atoms with E-state index in [2.05, 4.69) is 22.3 Å². The van der Waals surface area contributed by atoms with E-state index in [1.165, 1.54) is 22.2 Å². The Hall–Kier alpha value is -1.73. The van der Waals surface area contributed by atoms with E-state index in [-0.39, 0.29) is 6.10 Å². The van der Waals surface area contributed by atoms with Crippen LogP contribution in [0.15, 0.2) is 6.33 Å². The van der Waals surface area contributed by atoms with Crippen LogP contribution in [-0.2, 0) is 17.6 Å². The highest BCUT2D eigenvalue weighted by Gasteiger charge is 2.25. The van der Waals surface area contributed by atoms with E-state index in [0.29, 0.717) is 0 Å². The molecule has 2 aliphatic rings. The van der Waals surface area contributed by atoms with Crippen molar-refractivity contribution in [1.29, 1.82) is 0 Å². The maximum absolute atomic E-state index is 5.70. The van der Waals surface area contributed by atoms with E-state index in [0.717, 1.165) is 61.2 Å². The first-order valence-corrected chi connectivity index (χ1v) is 9.60. The molecule has 3 aromatic heterocycles. The largest absolute Gasteiger partial charge is 0.376 e. The zero-order chi connectivity index (χ0) is 16.1. The Morgan fingerprint density at radius 1 is 1.42 bits per heavy atom. The summed E-state index contributed by atoms with van der Waals surface area (Å²) in [6.07, 6.45) is 7.72. The van der Waals surface area contributed by atoms with Crippen LogP contribution in [0.1, 0.15) is 36.6 Å². The van der Waals surface area contributed by atoms with E-state index in [4.69, 9.17) is 9.72 Å². The number of hydrogen-bond acceptors (Lipinski definition) is 6. The van der Waals surface area contributed by atoms with Crippen LogP contribution in [0.3, 0.4) is 0 Å². The predicted octanol–water partition coefficient (Wildman–Crippen LogP) is 3.05. The molecule has 5 rings (SSSR count). The van der Waals surface area contributed by atoms with Gasteiger partial charge in [-0.3, -0.25) is 0 Å². The fourth-order valence-corrected chi connectivity index (χ4v) is 5.10. The summed E-state index contributed by atoms with van der Waals surface area (Å²) in [6, 6.07) is 0. The Morgan fingerprint density at radius 2 is 2.38 bits per heavy atom. The summed E-state index contributed by atoms with van der Waals surface area (Å²) in [4.78, 5) is 12.0. The molecule has 0 aromatic carbocycles. The van der Waals surface area contributed by atoms with Crippen molar-refractivity contribution in [2.24, 2.45) is 5.92 Å². The molecule has 0 unspecified atom stereocenters. The molecule has 4 heterocycles. The highest BCUT2D eigenvalue weighted by atomic mass is 32.1. The number of hydrogen-bond donors (Lipinski definition) is 1. The normalized spacial score (nSPS) is 23.9. The first-order chi connectivity index (χ1) is 11.8. The summed E-state index contributed by atoms with van der Waals surface area (Å²) in [5.74, 6) is 1.51. The molecule has 7 heteroatoms. The molecule has 24 heavy (non-hydrogen) atoms. The third-order valence-corrected chi connectivity index (χ3v) is 6.37. The summed E-state index contributed by atoms with van der Waals surface area (Å²) in [5, 5.41) is 9.04. The predicted molar refractivity (Wildman–Crippen MR) is 94.8 cm³/mol. The molecule has 6 nitrogen and oxygen atoms in total. The first-order valence-electron chi connectivity index (χ1n) is 8.79. The standard InChI is InChI=1S/C17H21N5OS/c1-10-4-5-13-12(7-10)14-15-19-9-20-22(15)17(21-16(14)24-13)18-8-11-3-2-6-23-11/h9-11H,2-8H2,1H3,(H,18,21)/t10-,11-/m1/s1. The lowest BCUT2D eigenvalue weighted by Crippen LogP contribution is -2.20. The molecule has 0 bridgehead atoms. The molecular weight excluding hydrogens is 322 g/mol. The summed E-state index contributed by atoms with van der Waals surface area (Å²) in [5.41, 5.74) is 2.38. The van der Waals surface area contributed by atoms with Gasteiger partial charge >= 0.3 is 0 Å². The van der Waals surface area contributed by atoms with Crippen LogP contribution in [0.25, 0.3) is 15.9 Å². The van der Waals surface area contributed by atoms with Crippen LogP contribution in [0, 0.1) is 5.92 Å². The van der Waals surface area contributed by atoms with E-state index in [1.807, 2.05) is 15.9 Å². The first kappa shape index (κ1) is 14.6. The molecule has 3 aromatic rings. The van der Waals surface area contributed by atoms with Gasteiger partial charge in [0, 0.05) is 18.0 Å². The van der Waals surface area contributed by atoms with Gasteiger partial charge in [0.1, 0.15) is 11.2 Å². The monoisotopic (exact) mass is 343 g/mol. The lowest BCUT2D eigenvalue weighted by atomic mass is 9.89. The molecular formula is C17H21N5OS. The Bertz CT molecular complexity index is 895. The maximum atomic E-state index is 5.70. The van der Waals surface area contributed by atoms with Gasteiger partial charge in [0.05, 0.1) is 11.5 Å². The summed E-state index contributed by atoms with van der Waals surface area (Å²) >= 11 is 1.83. The van der Waals surface area contributed by atoms with Gasteiger partial charge in [-0.2, -0.15) is 9.61 Å². The van der Waals surface area contributed by atoms with E-state index in [9.17, 15) is 0 Å². The van der Waals surface area contributed by atoms with Crippen molar-refractivity contribution in [3.05, 3.63) is 16.8 Å². The van der Waals surface area contributed by atoms with Crippen LogP contribution >= 0.6 is 11.3 Å². The number of thiophene rings is 1. The van der Waals surface area contributed by atoms with Gasteiger partial charge in [-0.25, -0.2) is 9.97 Å². The maximum Gasteiger partial charge on any atom is 0.227 e. The van der Waals surface area contributed by atoms with E-state index >= 15 is 0 Å². The molecule has 0 spiro atoms. The smallest absolute Gasteiger partial charge is 0.227 e. The van der Waals surface area contributed by atoms with E-state index in [1.54, 1.807) is 6.33 Å². The van der Waals surface area contributed by atoms with Gasteiger partial charge in [-0.1, -0.05) is 6.92 Å². The molecule has 2 atom stereocenters. The molecule has 0 amide bonds. The van der Waals surface area contributed by atoms with Crippen LogP contribution in [0.5, 0.6) is 0 Å². The average molecular weight is 343 g/mol. The Labute approximate surface area is 144 Å². The average Bonchev–Trinajstić information content (AvgIpc) is 3.30. The minimum Gasteiger partial charge on any atom is -0.376 e. The lowest BCUT2D eigenvalue weighted by Gasteiger charge is -2.18. The van der Waals surface area contributed by atoms with Gasteiger partial charge in [0.2, 0.25) is 5.95 Å². The second-order valence-corrected chi connectivity index (χ2v) is 8.06. The van der Waals surface area contributed by atoms with Crippen LogP contribution < -0.4 is 5.32 Å². The number of rotatable bonds is 3. The molecule has 1 aliphatic carbocycles. The molecule has 1 aliphatic heterocycles. The van der Waals surface area contributed by atoms with Crippen LogP contribution in [0.4, 0.5) is 5.95 Å². The van der Waals surface area contributed by atoms with Crippen molar-refractivity contribution in [2.75, 3.05) is 18.5 Å². The molecule has 1 saturated heterocycles. The molecule has 1 N–H and O–H groups in total. The topological polar surface area (TPSA) is 64.3 Å². The number of fused-ring (bicyclic) bond motifs is 5. The lowest BCUT2D eigenvalue weighted by molar-refractivity contribution is 0.120. The SMILES string of the molecule is C[C@@H]1CCc2sc3nc(NC[C@H]4CCCO4)n4ncnc4c3c2C1. The Balaban J connectivity index is 1.59. The summed E-state index contributed by atoms with van der Waals surface area (Å²) in [6.45, 7) is 3.97. The quantitative estimate of drug-likeness (QED) is 0.792. The van der Waals surface area contributed by atoms with Crippen molar-refractivity contribution < 1.29 is 4.74 Å².